The molecular weight excluding hydrogens is 474 g/mol. The maximum Gasteiger partial charge on any atom is 0.229 e. The molecule has 2 aromatic carbocycles. The lowest BCUT2D eigenvalue weighted by Gasteiger charge is -2.40. The van der Waals surface area contributed by atoms with E-state index in [0.29, 0.717) is 30.3 Å². The molecule has 2 aliphatic rings. The molecule has 2 aliphatic heterocycles. The van der Waals surface area contributed by atoms with E-state index in [1.54, 1.807) is 37.2 Å². The van der Waals surface area contributed by atoms with Gasteiger partial charge in [0.05, 0.1) is 24.4 Å². The number of nitrogens with one attached hydrogen (secondary N) is 1. The van der Waals surface area contributed by atoms with Gasteiger partial charge in [0, 0.05) is 44.4 Å². The van der Waals surface area contributed by atoms with Crippen LogP contribution < -0.4 is 4.72 Å². The number of likely N-dealkylation sites (tertiary alicyclic amines) is 1. The molecule has 0 aliphatic carbocycles. The molecule has 0 aromatic heterocycles. The first-order chi connectivity index (χ1) is 16.1. The van der Waals surface area contributed by atoms with Crippen molar-refractivity contribution in [2.45, 2.75) is 31.5 Å². The van der Waals surface area contributed by atoms with Gasteiger partial charge in [-0.2, -0.15) is 0 Å². The summed E-state index contributed by atoms with van der Waals surface area (Å²) in [7, 11) is 0.106. The zero-order chi connectivity index (χ0) is 24.5. The molecule has 1 amide bonds. The molecule has 2 heterocycles. The number of amides is 1. The molecule has 1 fully saturated rings. The van der Waals surface area contributed by atoms with Crippen LogP contribution >= 0.6 is 11.6 Å². The molecule has 1 unspecified atom stereocenters. The van der Waals surface area contributed by atoms with E-state index < -0.39 is 10.0 Å². The van der Waals surface area contributed by atoms with Crippen LogP contribution in [-0.2, 0) is 38.2 Å². The van der Waals surface area contributed by atoms with Gasteiger partial charge in [-0.05, 0) is 54.2 Å². The van der Waals surface area contributed by atoms with Gasteiger partial charge in [-0.25, -0.2) is 8.42 Å². The quantitative estimate of drug-likeness (QED) is 0.623. The summed E-state index contributed by atoms with van der Waals surface area (Å²) in [6, 6.07) is 13.5. The van der Waals surface area contributed by atoms with E-state index in [1.807, 2.05) is 0 Å². The van der Waals surface area contributed by atoms with Crippen molar-refractivity contribution in [1.29, 1.82) is 0 Å². The number of fused-ring (bicyclic) bond motifs is 2. The van der Waals surface area contributed by atoms with Gasteiger partial charge >= 0.3 is 0 Å². The number of ether oxygens (including phenoxy) is 1. The molecule has 0 radical (unpaired) electrons. The molecule has 1 spiro atoms. The smallest absolute Gasteiger partial charge is 0.229 e. The van der Waals surface area contributed by atoms with Crippen molar-refractivity contribution in [3.8, 4) is 0 Å². The second kappa shape index (κ2) is 9.85. The van der Waals surface area contributed by atoms with Gasteiger partial charge < -0.3 is 14.5 Å². The van der Waals surface area contributed by atoms with Gasteiger partial charge in [0.2, 0.25) is 15.9 Å². The standard InChI is InChI=1S/C25H32ClN3O4S/c1-28(2)24(30)20(14-19-15-21(8-9-23(19)26)27-34(3,31)32)16-29-12-10-25(11-13-29)22-7-5-4-6-18(22)17-33-25/h4-9,15,20,27H,10-14,16-17H2,1-3H3. The molecule has 2 aromatic rings. The van der Waals surface area contributed by atoms with Crippen LogP contribution in [0.2, 0.25) is 5.02 Å². The number of carbonyl (C=O) groups is 1. The number of piperidine rings is 1. The zero-order valence-electron chi connectivity index (χ0n) is 19.9. The molecule has 4 rings (SSSR count). The first kappa shape index (κ1) is 25.0. The van der Waals surface area contributed by atoms with Crippen molar-refractivity contribution >= 4 is 33.2 Å². The largest absolute Gasteiger partial charge is 0.365 e. The minimum absolute atomic E-state index is 0.0280. The van der Waals surface area contributed by atoms with Crippen LogP contribution in [0.3, 0.4) is 0 Å². The molecule has 0 saturated carbocycles. The first-order valence-electron chi connectivity index (χ1n) is 11.5. The van der Waals surface area contributed by atoms with Crippen molar-refractivity contribution in [3.05, 3.63) is 64.2 Å². The third kappa shape index (κ3) is 5.57. The highest BCUT2D eigenvalue weighted by Gasteiger charge is 2.42. The summed E-state index contributed by atoms with van der Waals surface area (Å²) in [6.07, 6.45) is 3.31. The maximum atomic E-state index is 13.1. The summed E-state index contributed by atoms with van der Waals surface area (Å²) in [6.45, 7) is 2.95. The van der Waals surface area contributed by atoms with Gasteiger partial charge in [-0.3, -0.25) is 9.52 Å². The second-order valence-corrected chi connectivity index (χ2v) is 11.7. The summed E-state index contributed by atoms with van der Waals surface area (Å²) in [5.74, 6) is -0.271. The van der Waals surface area contributed by atoms with Gasteiger partial charge in [-0.1, -0.05) is 35.9 Å². The Balaban J connectivity index is 1.47. The Bertz CT molecular complexity index is 1160. The highest BCUT2D eigenvalue weighted by molar-refractivity contribution is 7.92. The van der Waals surface area contributed by atoms with Gasteiger partial charge in [0.25, 0.3) is 0 Å². The van der Waals surface area contributed by atoms with Crippen molar-refractivity contribution < 1.29 is 17.9 Å². The number of sulfonamides is 1. The number of hydrogen-bond acceptors (Lipinski definition) is 5. The lowest BCUT2D eigenvalue weighted by Crippen LogP contribution is -2.46. The minimum atomic E-state index is -3.41. The average Bonchev–Trinajstić information content (AvgIpc) is 3.14. The van der Waals surface area contributed by atoms with Crippen LogP contribution in [0.1, 0.15) is 29.5 Å². The van der Waals surface area contributed by atoms with Crippen LogP contribution in [-0.4, -0.2) is 64.1 Å². The predicted octanol–water partition coefficient (Wildman–Crippen LogP) is 3.48. The first-order valence-corrected chi connectivity index (χ1v) is 13.8. The van der Waals surface area contributed by atoms with E-state index in [-0.39, 0.29) is 17.4 Å². The van der Waals surface area contributed by atoms with Crippen LogP contribution in [0, 0.1) is 5.92 Å². The SMILES string of the molecule is CN(C)C(=O)C(Cc1cc(NS(C)(=O)=O)ccc1Cl)CN1CCC2(CC1)OCc1ccccc12. The Morgan fingerprint density at radius 2 is 1.91 bits per heavy atom. The van der Waals surface area contributed by atoms with Crippen LogP contribution in [0.25, 0.3) is 0 Å². The molecule has 34 heavy (non-hydrogen) atoms. The lowest BCUT2D eigenvalue weighted by atomic mass is 9.83. The Morgan fingerprint density at radius 3 is 2.59 bits per heavy atom. The number of nitrogens with zero attached hydrogens (tertiary/aromatic N) is 2. The van der Waals surface area contributed by atoms with Crippen molar-refractivity contribution in [2.24, 2.45) is 5.92 Å². The van der Waals surface area contributed by atoms with Gasteiger partial charge in [-0.15, -0.1) is 0 Å². The summed E-state index contributed by atoms with van der Waals surface area (Å²) >= 11 is 6.44. The number of hydrogen-bond donors (Lipinski definition) is 1. The summed E-state index contributed by atoms with van der Waals surface area (Å²) in [4.78, 5) is 17.0. The fourth-order valence-corrected chi connectivity index (χ4v) is 5.83. The van der Waals surface area contributed by atoms with Crippen LogP contribution in [0.5, 0.6) is 0 Å². The normalized spacial score (nSPS) is 18.5. The van der Waals surface area contributed by atoms with E-state index in [9.17, 15) is 13.2 Å². The summed E-state index contributed by atoms with van der Waals surface area (Å²) in [5.41, 5.74) is 3.54. The Kier molecular flexibility index (Phi) is 7.24. The molecule has 1 saturated heterocycles. The van der Waals surface area contributed by atoms with Crippen molar-refractivity contribution in [2.75, 3.05) is 44.7 Å². The number of rotatable bonds is 7. The molecular formula is C25H32ClN3O4S. The summed E-state index contributed by atoms with van der Waals surface area (Å²) < 4.78 is 32.0. The van der Waals surface area contributed by atoms with Crippen molar-refractivity contribution in [3.63, 3.8) is 0 Å². The van der Waals surface area contributed by atoms with Crippen LogP contribution in [0.15, 0.2) is 42.5 Å². The average molecular weight is 506 g/mol. The zero-order valence-corrected chi connectivity index (χ0v) is 21.5. The number of carbonyl (C=O) groups excluding carboxylic acids is 1. The van der Waals surface area contributed by atoms with Gasteiger partial charge in [0.15, 0.2) is 0 Å². The third-order valence-corrected chi connectivity index (χ3v) is 7.74. The number of halogens is 1. The second-order valence-electron chi connectivity index (χ2n) is 9.55. The molecule has 1 atom stereocenters. The number of benzene rings is 2. The Labute approximate surface area is 207 Å². The van der Waals surface area contributed by atoms with Gasteiger partial charge in [0.1, 0.15) is 0 Å². The minimum Gasteiger partial charge on any atom is -0.365 e. The number of anilines is 1. The molecule has 7 nitrogen and oxygen atoms in total. The van der Waals surface area contributed by atoms with E-state index in [1.165, 1.54) is 11.1 Å². The van der Waals surface area contributed by atoms with Crippen molar-refractivity contribution in [1.82, 2.24) is 9.80 Å². The van der Waals surface area contributed by atoms with E-state index in [2.05, 4.69) is 33.9 Å². The Morgan fingerprint density at radius 1 is 1.21 bits per heavy atom. The molecule has 0 bridgehead atoms. The fourth-order valence-electron chi connectivity index (χ4n) is 5.08. The van der Waals surface area contributed by atoms with E-state index in [0.717, 1.165) is 37.8 Å². The van der Waals surface area contributed by atoms with E-state index in [4.69, 9.17) is 16.3 Å². The van der Waals surface area contributed by atoms with E-state index >= 15 is 0 Å². The maximum absolute atomic E-state index is 13.1. The fraction of sp³-hybridized carbons (Fsp3) is 0.480. The lowest BCUT2D eigenvalue weighted by molar-refractivity contribution is -0.134. The Hall–Kier alpha value is -2.13. The monoisotopic (exact) mass is 505 g/mol. The topological polar surface area (TPSA) is 79.0 Å². The molecule has 9 heteroatoms. The molecule has 1 N–H and O–H groups in total. The molecule has 184 valence electrons. The third-order valence-electron chi connectivity index (χ3n) is 6.76. The van der Waals surface area contributed by atoms with Crippen LogP contribution in [0.4, 0.5) is 5.69 Å². The highest BCUT2D eigenvalue weighted by Crippen LogP contribution is 2.44. The summed E-state index contributed by atoms with van der Waals surface area (Å²) in [5, 5.41) is 0.518. The highest BCUT2D eigenvalue weighted by atomic mass is 35.5. The predicted molar refractivity (Wildman–Crippen MR) is 134 cm³/mol.